The van der Waals surface area contributed by atoms with Crippen LogP contribution in [0.1, 0.15) is 5.56 Å². The first kappa shape index (κ1) is 18.8. The third kappa shape index (κ3) is 4.41. The van der Waals surface area contributed by atoms with E-state index in [4.69, 9.17) is 9.47 Å². The average molecular weight is 383 g/mol. The first-order valence-corrected chi connectivity index (χ1v) is 9.84. The third-order valence-corrected chi connectivity index (χ3v) is 5.97. The molecule has 0 aliphatic rings. The van der Waals surface area contributed by atoms with Gasteiger partial charge in [-0.2, -0.15) is 0 Å². The summed E-state index contributed by atoms with van der Waals surface area (Å²) in [5, 5.41) is 0. The molecule has 3 aromatic carbocycles. The average Bonchev–Trinajstić information content (AvgIpc) is 2.73. The molecule has 0 radical (unpaired) electrons. The molecule has 0 heterocycles. The molecule has 0 amide bonds. The Balaban J connectivity index is 1.71. The Morgan fingerprint density at radius 1 is 0.815 bits per heavy atom. The smallest absolute Gasteiger partial charge is 0.264 e. The zero-order chi connectivity index (χ0) is 19.3. The number of rotatable bonds is 7. The van der Waals surface area contributed by atoms with Crippen LogP contribution in [0.2, 0.25) is 0 Å². The monoisotopic (exact) mass is 383 g/mol. The Hall–Kier alpha value is -2.99. The van der Waals surface area contributed by atoms with Crippen molar-refractivity contribution in [3.05, 3.63) is 84.4 Å². The van der Waals surface area contributed by atoms with Gasteiger partial charge in [0.25, 0.3) is 10.0 Å². The predicted octanol–water partition coefficient (Wildman–Crippen LogP) is 4.10. The van der Waals surface area contributed by atoms with Crippen LogP contribution in [0.5, 0.6) is 11.5 Å². The van der Waals surface area contributed by atoms with Gasteiger partial charge in [-0.3, -0.25) is 4.31 Å². The topological polar surface area (TPSA) is 55.8 Å². The fourth-order valence-corrected chi connectivity index (χ4v) is 3.73. The molecule has 0 unspecified atom stereocenters. The van der Waals surface area contributed by atoms with E-state index in [1.54, 1.807) is 36.4 Å². The van der Waals surface area contributed by atoms with Crippen LogP contribution in [0.4, 0.5) is 5.69 Å². The normalized spacial score (nSPS) is 11.0. The summed E-state index contributed by atoms with van der Waals surface area (Å²) in [5.74, 6) is 1.29. The molecule has 0 aliphatic carbocycles. The first-order chi connectivity index (χ1) is 13.0. The third-order valence-electron chi connectivity index (χ3n) is 4.17. The van der Waals surface area contributed by atoms with Gasteiger partial charge in [0.1, 0.15) is 18.1 Å². The van der Waals surface area contributed by atoms with Crippen LogP contribution in [0.15, 0.2) is 83.8 Å². The maximum absolute atomic E-state index is 12.8. The number of sulfonamides is 1. The SMILES string of the molecule is COc1ccc(S(=O)(=O)N(C)c2ccc(OCc3ccccc3)cc2)cc1. The minimum absolute atomic E-state index is 0.204. The summed E-state index contributed by atoms with van der Waals surface area (Å²) in [7, 11) is -0.582. The molecule has 0 spiro atoms. The van der Waals surface area contributed by atoms with Crippen LogP contribution in [-0.2, 0) is 16.6 Å². The van der Waals surface area contributed by atoms with E-state index in [-0.39, 0.29) is 4.90 Å². The zero-order valence-electron chi connectivity index (χ0n) is 15.2. The van der Waals surface area contributed by atoms with Crippen molar-refractivity contribution < 1.29 is 17.9 Å². The quantitative estimate of drug-likeness (QED) is 0.616. The molecule has 3 rings (SSSR count). The van der Waals surface area contributed by atoms with Gasteiger partial charge < -0.3 is 9.47 Å². The molecular formula is C21H21NO4S. The lowest BCUT2D eigenvalue weighted by Gasteiger charge is -2.20. The number of methoxy groups -OCH3 is 1. The van der Waals surface area contributed by atoms with E-state index >= 15 is 0 Å². The van der Waals surface area contributed by atoms with Crippen molar-refractivity contribution >= 4 is 15.7 Å². The van der Waals surface area contributed by atoms with Gasteiger partial charge in [0.2, 0.25) is 0 Å². The van der Waals surface area contributed by atoms with Crippen LogP contribution in [0.3, 0.4) is 0 Å². The molecule has 0 N–H and O–H groups in total. The summed E-state index contributed by atoms with van der Waals surface area (Å²) in [6.45, 7) is 0.459. The molecule has 0 atom stereocenters. The van der Waals surface area contributed by atoms with Crippen LogP contribution < -0.4 is 13.8 Å². The predicted molar refractivity (Wildman–Crippen MR) is 106 cm³/mol. The molecule has 0 bridgehead atoms. The number of hydrogen-bond donors (Lipinski definition) is 0. The van der Waals surface area contributed by atoms with Crippen molar-refractivity contribution in [3.8, 4) is 11.5 Å². The zero-order valence-corrected chi connectivity index (χ0v) is 16.0. The highest BCUT2D eigenvalue weighted by atomic mass is 32.2. The second-order valence-corrected chi connectivity index (χ2v) is 7.89. The molecule has 6 heteroatoms. The molecule has 3 aromatic rings. The number of hydrogen-bond acceptors (Lipinski definition) is 4. The van der Waals surface area contributed by atoms with E-state index in [0.717, 1.165) is 5.56 Å². The van der Waals surface area contributed by atoms with Gasteiger partial charge >= 0.3 is 0 Å². The molecule has 140 valence electrons. The molecule has 0 saturated heterocycles. The Morgan fingerprint density at radius 3 is 2.00 bits per heavy atom. The van der Waals surface area contributed by atoms with Crippen molar-refractivity contribution in [1.29, 1.82) is 0 Å². The van der Waals surface area contributed by atoms with Gasteiger partial charge in [0.15, 0.2) is 0 Å². The summed E-state index contributed by atoms with van der Waals surface area (Å²) < 4.78 is 37.6. The van der Waals surface area contributed by atoms with Crippen LogP contribution >= 0.6 is 0 Å². The van der Waals surface area contributed by atoms with Gasteiger partial charge in [-0.05, 0) is 54.1 Å². The maximum Gasteiger partial charge on any atom is 0.264 e. The van der Waals surface area contributed by atoms with Crippen LogP contribution in [-0.4, -0.2) is 22.6 Å². The highest BCUT2D eigenvalue weighted by Crippen LogP contribution is 2.25. The van der Waals surface area contributed by atoms with Crippen molar-refractivity contribution in [1.82, 2.24) is 0 Å². The van der Waals surface area contributed by atoms with E-state index < -0.39 is 10.0 Å². The number of ether oxygens (including phenoxy) is 2. The highest BCUT2D eigenvalue weighted by molar-refractivity contribution is 7.92. The first-order valence-electron chi connectivity index (χ1n) is 8.40. The summed E-state index contributed by atoms with van der Waals surface area (Å²) in [6.07, 6.45) is 0. The summed E-state index contributed by atoms with van der Waals surface area (Å²) in [6, 6.07) is 23.1. The van der Waals surface area contributed by atoms with Crippen LogP contribution in [0, 0.1) is 0 Å². The molecule has 0 aromatic heterocycles. The molecule has 5 nitrogen and oxygen atoms in total. The van der Waals surface area contributed by atoms with E-state index in [0.29, 0.717) is 23.8 Å². The Bertz CT molecular complexity index is 969. The van der Waals surface area contributed by atoms with Gasteiger partial charge in [-0.1, -0.05) is 30.3 Å². The van der Waals surface area contributed by atoms with Gasteiger partial charge in [-0.25, -0.2) is 8.42 Å². The lowest BCUT2D eigenvalue weighted by molar-refractivity contribution is 0.306. The number of nitrogens with zero attached hydrogens (tertiary/aromatic N) is 1. The molecule has 0 fully saturated rings. The van der Waals surface area contributed by atoms with Crippen LogP contribution in [0.25, 0.3) is 0 Å². The van der Waals surface area contributed by atoms with Crippen molar-refractivity contribution in [2.75, 3.05) is 18.5 Å². The fraction of sp³-hybridized carbons (Fsp3) is 0.143. The lowest BCUT2D eigenvalue weighted by Crippen LogP contribution is -2.26. The minimum atomic E-state index is -3.65. The van der Waals surface area contributed by atoms with E-state index in [1.807, 2.05) is 30.3 Å². The van der Waals surface area contributed by atoms with Crippen molar-refractivity contribution in [2.24, 2.45) is 0 Å². The second kappa shape index (κ2) is 8.14. The lowest BCUT2D eigenvalue weighted by atomic mass is 10.2. The summed E-state index contributed by atoms with van der Waals surface area (Å²) in [4.78, 5) is 0.204. The molecule has 0 aliphatic heterocycles. The molecular weight excluding hydrogens is 362 g/mol. The van der Waals surface area contributed by atoms with Gasteiger partial charge in [0.05, 0.1) is 17.7 Å². The highest BCUT2D eigenvalue weighted by Gasteiger charge is 2.21. The number of benzene rings is 3. The van der Waals surface area contributed by atoms with E-state index in [2.05, 4.69) is 0 Å². The molecule has 27 heavy (non-hydrogen) atoms. The Labute approximate surface area is 159 Å². The fourth-order valence-electron chi connectivity index (χ4n) is 2.54. The molecule has 0 saturated carbocycles. The van der Waals surface area contributed by atoms with Crippen molar-refractivity contribution in [2.45, 2.75) is 11.5 Å². The second-order valence-electron chi connectivity index (χ2n) is 5.92. The summed E-state index contributed by atoms with van der Waals surface area (Å²) in [5.41, 5.74) is 1.62. The Kier molecular flexibility index (Phi) is 5.66. The van der Waals surface area contributed by atoms with E-state index in [1.165, 1.54) is 30.6 Å². The van der Waals surface area contributed by atoms with E-state index in [9.17, 15) is 8.42 Å². The van der Waals surface area contributed by atoms with Gasteiger partial charge in [0, 0.05) is 7.05 Å². The number of anilines is 1. The Morgan fingerprint density at radius 2 is 1.41 bits per heavy atom. The largest absolute Gasteiger partial charge is 0.497 e. The summed E-state index contributed by atoms with van der Waals surface area (Å²) >= 11 is 0. The van der Waals surface area contributed by atoms with Crippen molar-refractivity contribution in [3.63, 3.8) is 0 Å². The van der Waals surface area contributed by atoms with Gasteiger partial charge in [-0.15, -0.1) is 0 Å². The maximum atomic E-state index is 12.8. The standard InChI is InChI=1S/C21H21NO4S/c1-22(27(23,24)21-14-12-19(25-2)13-15-21)18-8-10-20(11-9-18)26-16-17-6-4-3-5-7-17/h3-15H,16H2,1-2H3. The minimum Gasteiger partial charge on any atom is -0.497 e.